The van der Waals surface area contributed by atoms with Crippen molar-refractivity contribution in [3.63, 3.8) is 0 Å². The van der Waals surface area contributed by atoms with Crippen LogP contribution in [0.5, 0.6) is 23.0 Å². The lowest BCUT2D eigenvalue weighted by molar-refractivity contribution is 0.418. The molecule has 94 valence electrons. The summed E-state index contributed by atoms with van der Waals surface area (Å²) in [5.41, 5.74) is 1.10. The average molecular weight is 246 g/mol. The predicted octanol–water partition coefficient (Wildman–Crippen LogP) is 2.29. The molecular formula is C14H14O4. The molecule has 2 aromatic rings. The molecule has 0 unspecified atom stereocenters. The molecular weight excluding hydrogens is 232 g/mol. The van der Waals surface area contributed by atoms with Gasteiger partial charge in [-0.05, 0) is 24.5 Å². The summed E-state index contributed by atoms with van der Waals surface area (Å²) in [6.45, 7) is 0. The summed E-state index contributed by atoms with van der Waals surface area (Å²) in [6, 6.07) is 9.27. The molecule has 0 spiro atoms. The summed E-state index contributed by atoms with van der Waals surface area (Å²) in [6.07, 6.45) is 0.855. The van der Waals surface area contributed by atoms with Crippen LogP contribution in [-0.4, -0.2) is 20.4 Å². The van der Waals surface area contributed by atoms with Crippen LogP contribution in [0.4, 0.5) is 0 Å². The zero-order valence-corrected chi connectivity index (χ0v) is 9.67. The lowest BCUT2D eigenvalue weighted by Gasteiger charge is -2.09. The molecule has 4 N–H and O–H groups in total. The molecule has 0 aliphatic carbocycles. The van der Waals surface area contributed by atoms with Gasteiger partial charge >= 0.3 is 0 Å². The Morgan fingerprint density at radius 2 is 1.33 bits per heavy atom. The van der Waals surface area contributed by atoms with E-state index in [0.717, 1.165) is 5.56 Å². The van der Waals surface area contributed by atoms with Crippen molar-refractivity contribution in [3.8, 4) is 23.0 Å². The highest BCUT2D eigenvalue weighted by Gasteiger charge is 2.10. The number of aromatic hydroxyl groups is 4. The van der Waals surface area contributed by atoms with Crippen LogP contribution in [0.3, 0.4) is 0 Å². The highest BCUT2D eigenvalue weighted by Crippen LogP contribution is 2.33. The molecule has 0 amide bonds. The minimum Gasteiger partial charge on any atom is -0.508 e. The van der Waals surface area contributed by atoms with Crippen molar-refractivity contribution in [1.29, 1.82) is 0 Å². The van der Waals surface area contributed by atoms with E-state index in [1.165, 1.54) is 12.1 Å². The number of phenolic OH excluding ortho intramolecular Hbond substituents is 4. The van der Waals surface area contributed by atoms with Gasteiger partial charge < -0.3 is 20.4 Å². The molecule has 0 saturated heterocycles. The summed E-state index contributed by atoms with van der Waals surface area (Å²) in [5.74, 6) is -0.294. The first-order valence-corrected chi connectivity index (χ1v) is 5.58. The highest BCUT2D eigenvalue weighted by atomic mass is 16.3. The van der Waals surface area contributed by atoms with E-state index >= 15 is 0 Å². The van der Waals surface area contributed by atoms with Crippen molar-refractivity contribution in [2.45, 2.75) is 12.8 Å². The van der Waals surface area contributed by atoms with Crippen molar-refractivity contribution in [2.24, 2.45) is 0 Å². The van der Waals surface area contributed by atoms with Crippen molar-refractivity contribution in [1.82, 2.24) is 0 Å². The lowest BCUT2D eigenvalue weighted by Crippen LogP contribution is -1.93. The Balaban J connectivity index is 2.19. The molecule has 0 fully saturated rings. The third-order valence-corrected chi connectivity index (χ3v) is 2.82. The Morgan fingerprint density at radius 1 is 0.722 bits per heavy atom. The van der Waals surface area contributed by atoms with E-state index in [1.54, 1.807) is 18.2 Å². The van der Waals surface area contributed by atoms with Crippen LogP contribution < -0.4 is 0 Å². The largest absolute Gasteiger partial charge is 0.508 e. The second kappa shape index (κ2) is 4.87. The van der Waals surface area contributed by atoms with E-state index in [4.69, 9.17) is 0 Å². The number of aryl methyl sites for hydroxylation is 1. The minimum absolute atomic E-state index is 0.150. The number of hydrogen-bond acceptors (Lipinski definition) is 4. The van der Waals surface area contributed by atoms with E-state index in [2.05, 4.69) is 0 Å². The zero-order chi connectivity index (χ0) is 13.1. The van der Waals surface area contributed by atoms with E-state index in [9.17, 15) is 20.4 Å². The maximum absolute atomic E-state index is 9.64. The van der Waals surface area contributed by atoms with Gasteiger partial charge in [0.1, 0.15) is 23.0 Å². The second-order valence-corrected chi connectivity index (χ2v) is 4.09. The first-order valence-electron chi connectivity index (χ1n) is 5.58. The molecule has 2 aromatic carbocycles. The number of hydrogen-bond donors (Lipinski definition) is 4. The van der Waals surface area contributed by atoms with Gasteiger partial charge in [0.05, 0.1) is 0 Å². The number of para-hydroxylation sites is 1. The maximum Gasteiger partial charge on any atom is 0.126 e. The maximum atomic E-state index is 9.64. The second-order valence-electron chi connectivity index (χ2n) is 4.09. The van der Waals surface area contributed by atoms with E-state index < -0.39 is 0 Å². The molecule has 4 nitrogen and oxygen atoms in total. The molecule has 0 atom stereocenters. The number of benzene rings is 2. The van der Waals surface area contributed by atoms with Gasteiger partial charge in [0, 0.05) is 17.7 Å². The van der Waals surface area contributed by atoms with Crippen LogP contribution in [0.1, 0.15) is 11.1 Å². The molecule has 0 heterocycles. The lowest BCUT2D eigenvalue weighted by atomic mass is 10.0. The Hall–Kier alpha value is -2.36. The molecule has 0 aliphatic heterocycles. The van der Waals surface area contributed by atoms with E-state index in [0.29, 0.717) is 18.4 Å². The van der Waals surface area contributed by atoms with Crippen LogP contribution in [-0.2, 0) is 12.8 Å². The summed E-state index contributed by atoms with van der Waals surface area (Å²) in [4.78, 5) is 0. The van der Waals surface area contributed by atoms with Crippen molar-refractivity contribution < 1.29 is 20.4 Å². The van der Waals surface area contributed by atoms with Crippen LogP contribution in [0.25, 0.3) is 0 Å². The summed E-state index contributed by atoms with van der Waals surface area (Å²) < 4.78 is 0. The molecule has 4 heteroatoms. The molecule has 0 aromatic heterocycles. The fourth-order valence-electron chi connectivity index (χ4n) is 1.87. The van der Waals surface area contributed by atoms with Crippen LogP contribution in [0.2, 0.25) is 0 Å². The highest BCUT2D eigenvalue weighted by molar-refractivity contribution is 5.49. The van der Waals surface area contributed by atoms with Crippen molar-refractivity contribution >= 4 is 0 Å². The zero-order valence-electron chi connectivity index (χ0n) is 9.67. The van der Waals surface area contributed by atoms with Gasteiger partial charge in [0.2, 0.25) is 0 Å². The minimum atomic E-state index is -0.184. The van der Waals surface area contributed by atoms with Gasteiger partial charge in [-0.2, -0.15) is 0 Å². The smallest absolute Gasteiger partial charge is 0.126 e. The Labute approximate surface area is 104 Å². The van der Waals surface area contributed by atoms with Gasteiger partial charge in [0.15, 0.2) is 0 Å². The molecule has 18 heavy (non-hydrogen) atoms. The molecule has 0 radical (unpaired) electrons. The van der Waals surface area contributed by atoms with E-state index in [1.807, 2.05) is 6.07 Å². The Kier molecular flexibility index (Phi) is 3.28. The Bertz CT molecular complexity index is 540. The first kappa shape index (κ1) is 12.1. The number of rotatable bonds is 3. The van der Waals surface area contributed by atoms with Gasteiger partial charge in [-0.1, -0.05) is 18.2 Å². The van der Waals surface area contributed by atoms with Crippen molar-refractivity contribution in [2.75, 3.05) is 0 Å². The predicted molar refractivity (Wildman–Crippen MR) is 67.0 cm³/mol. The summed E-state index contributed by atoms with van der Waals surface area (Å²) in [5, 5.41) is 38.1. The molecule has 2 rings (SSSR count). The third kappa shape index (κ3) is 2.48. The number of phenols is 4. The topological polar surface area (TPSA) is 80.9 Å². The summed E-state index contributed by atoms with van der Waals surface area (Å²) >= 11 is 0. The van der Waals surface area contributed by atoms with Gasteiger partial charge in [0.25, 0.3) is 0 Å². The first-order chi connectivity index (χ1) is 8.58. The van der Waals surface area contributed by atoms with Crippen LogP contribution >= 0.6 is 0 Å². The van der Waals surface area contributed by atoms with Crippen LogP contribution in [0.15, 0.2) is 36.4 Å². The van der Waals surface area contributed by atoms with Crippen LogP contribution in [0, 0.1) is 0 Å². The normalized spacial score (nSPS) is 10.4. The van der Waals surface area contributed by atoms with E-state index in [-0.39, 0.29) is 23.0 Å². The average Bonchev–Trinajstić information content (AvgIpc) is 2.30. The molecule has 0 bridgehead atoms. The molecule has 0 aliphatic rings. The van der Waals surface area contributed by atoms with Crippen molar-refractivity contribution in [3.05, 3.63) is 47.5 Å². The molecule has 0 saturated carbocycles. The fraction of sp³-hybridized carbons (Fsp3) is 0.143. The van der Waals surface area contributed by atoms with Gasteiger partial charge in [-0.3, -0.25) is 0 Å². The van der Waals surface area contributed by atoms with Gasteiger partial charge in [-0.25, -0.2) is 0 Å². The third-order valence-electron chi connectivity index (χ3n) is 2.82. The SMILES string of the molecule is Oc1cc(O)c(CCc2ccccc2O)c(O)c1. The van der Waals surface area contributed by atoms with Gasteiger partial charge in [-0.15, -0.1) is 0 Å². The fourth-order valence-corrected chi connectivity index (χ4v) is 1.87. The monoisotopic (exact) mass is 246 g/mol. The standard InChI is InChI=1S/C14H14O4/c15-10-7-13(17)11(14(18)8-10)6-5-9-3-1-2-4-12(9)16/h1-4,7-8,15-18H,5-6H2. The Morgan fingerprint density at radius 3 is 1.94 bits per heavy atom. The summed E-state index contributed by atoms with van der Waals surface area (Å²) in [7, 11) is 0. The quantitative estimate of drug-likeness (QED) is 0.669.